The molecule has 1 aromatic rings. The second kappa shape index (κ2) is 6.96. The van der Waals surface area contributed by atoms with Crippen molar-refractivity contribution in [2.45, 2.75) is 46.3 Å². The molecule has 2 saturated carbocycles. The number of amides is 2. The van der Waals surface area contributed by atoms with Gasteiger partial charge in [0.15, 0.2) is 0 Å². The van der Waals surface area contributed by atoms with Crippen LogP contribution in [0, 0.1) is 35.5 Å². The Labute approximate surface area is 176 Å². The summed E-state index contributed by atoms with van der Waals surface area (Å²) < 4.78 is 11.7. The number of imide groups is 1. The first-order valence-electron chi connectivity index (χ1n) is 10.9. The van der Waals surface area contributed by atoms with Gasteiger partial charge in [0.25, 0.3) is 11.8 Å². The van der Waals surface area contributed by atoms with Crippen LogP contribution >= 0.6 is 0 Å². The second-order valence-corrected chi connectivity index (χ2v) is 9.42. The highest BCUT2D eigenvalue weighted by molar-refractivity contribution is 6.06. The molecule has 6 rings (SSSR count). The third-order valence-corrected chi connectivity index (χ3v) is 6.67. The van der Waals surface area contributed by atoms with Crippen LogP contribution in [0.3, 0.4) is 0 Å². The SMILES string of the molecule is CC(C)Oc1ccc(/C=N\N2C(=O)[C@@H]3[C@H]4C=C[C@@H]([C@@H]5C[C@@H]45)[C@H]3C2=O)c(OC(C)C)c1. The summed E-state index contributed by atoms with van der Waals surface area (Å²) in [7, 11) is 0. The van der Waals surface area contributed by atoms with Gasteiger partial charge in [-0.15, -0.1) is 0 Å². The molecule has 1 aliphatic heterocycles. The molecule has 1 saturated heterocycles. The zero-order valence-corrected chi connectivity index (χ0v) is 17.8. The van der Waals surface area contributed by atoms with Crippen molar-refractivity contribution in [2.75, 3.05) is 0 Å². The molecule has 1 aromatic carbocycles. The molecule has 0 unspecified atom stereocenters. The van der Waals surface area contributed by atoms with Crippen LogP contribution in [0.25, 0.3) is 0 Å². The monoisotopic (exact) mass is 408 g/mol. The lowest BCUT2D eigenvalue weighted by Gasteiger charge is -2.37. The van der Waals surface area contributed by atoms with Crippen LogP contribution in [0.4, 0.5) is 0 Å². The molecule has 2 amide bonds. The Kier molecular flexibility index (Phi) is 4.49. The predicted molar refractivity (Wildman–Crippen MR) is 112 cm³/mol. The molecule has 5 aliphatic rings. The van der Waals surface area contributed by atoms with Crippen LogP contribution < -0.4 is 9.47 Å². The average Bonchev–Trinajstić information content (AvgIpc) is 3.46. The summed E-state index contributed by atoms with van der Waals surface area (Å²) >= 11 is 0. The van der Waals surface area contributed by atoms with Gasteiger partial charge in [-0.3, -0.25) is 9.59 Å². The van der Waals surface area contributed by atoms with E-state index < -0.39 is 0 Å². The standard InChI is InChI=1S/C24H28N2O4/c1-12(2)29-15-6-5-14(20(9-15)30-13(3)4)11-25-26-23(27)21-16-7-8-17(19-10-18(16)19)22(21)24(26)28/h5-9,11-13,16-19,21-22H,10H2,1-4H3/b25-11-/t16-,17-,18-,19-,21+,22+/m0/s1. The first-order chi connectivity index (χ1) is 14.3. The van der Waals surface area contributed by atoms with Crippen molar-refractivity contribution in [3.05, 3.63) is 35.9 Å². The minimum Gasteiger partial charge on any atom is -0.491 e. The Hall–Kier alpha value is -2.63. The first-order valence-corrected chi connectivity index (χ1v) is 10.9. The summed E-state index contributed by atoms with van der Waals surface area (Å²) in [6.45, 7) is 7.83. The van der Waals surface area contributed by atoms with Crippen molar-refractivity contribution in [3.63, 3.8) is 0 Å². The maximum atomic E-state index is 13.1. The summed E-state index contributed by atoms with van der Waals surface area (Å²) in [5.41, 5.74) is 0.708. The zero-order chi connectivity index (χ0) is 21.2. The lowest BCUT2D eigenvalue weighted by atomic mass is 9.63. The zero-order valence-electron chi connectivity index (χ0n) is 17.8. The summed E-state index contributed by atoms with van der Waals surface area (Å²) in [4.78, 5) is 26.1. The van der Waals surface area contributed by atoms with E-state index in [0.29, 0.717) is 28.9 Å². The first kappa shape index (κ1) is 19.3. The van der Waals surface area contributed by atoms with Crippen molar-refractivity contribution < 1.29 is 19.1 Å². The number of benzene rings is 1. The Morgan fingerprint density at radius 1 is 0.967 bits per heavy atom. The fourth-order valence-corrected chi connectivity index (χ4v) is 5.50. The number of rotatable bonds is 6. The Balaban J connectivity index is 1.40. The fraction of sp³-hybridized carbons (Fsp3) is 0.542. The van der Waals surface area contributed by atoms with Crippen LogP contribution in [0.1, 0.15) is 39.7 Å². The molecule has 2 bridgehead atoms. The highest BCUT2D eigenvalue weighted by atomic mass is 16.5. The van der Waals surface area contributed by atoms with Crippen molar-refractivity contribution in [1.29, 1.82) is 0 Å². The molecule has 6 atom stereocenters. The Morgan fingerprint density at radius 2 is 1.57 bits per heavy atom. The highest BCUT2D eigenvalue weighted by Crippen LogP contribution is 2.65. The summed E-state index contributed by atoms with van der Waals surface area (Å²) in [6, 6.07) is 5.52. The third-order valence-electron chi connectivity index (χ3n) is 6.67. The molecule has 6 nitrogen and oxygen atoms in total. The molecule has 0 radical (unpaired) electrons. The summed E-state index contributed by atoms with van der Waals surface area (Å²) in [5, 5.41) is 5.44. The quantitative estimate of drug-likeness (QED) is 0.409. The molecule has 0 spiro atoms. The topological polar surface area (TPSA) is 68.2 Å². The van der Waals surface area contributed by atoms with Gasteiger partial charge in [0.05, 0.1) is 30.3 Å². The van der Waals surface area contributed by atoms with Gasteiger partial charge < -0.3 is 9.47 Å². The second-order valence-electron chi connectivity index (χ2n) is 9.42. The van der Waals surface area contributed by atoms with Gasteiger partial charge in [0.2, 0.25) is 0 Å². The van der Waals surface area contributed by atoms with E-state index in [1.54, 1.807) is 6.21 Å². The van der Waals surface area contributed by atoms with E-state index in [9.17, 15) is 9.59 Å². The maximum Gasteiger partial charge on any atom is 0.254 e. The van der Waals surface area contributed by atoms with E-state index in [0.717, 1.165) is 11.4 Å². The Bertz CT molecular complexity index is 915. The predicted octanol–water partition coefficient (Wildman–Crippen LogP) is 3.65. The number of allylic oxidation sites excluding steroid dienone is 2. The molecule has 0 N–H and O–H groups in total. The maximum absolute atomic E-state index is 13.1. The van der Waals surface area contributed by atoms with Gasteiger partial charge in [0.1, 0.15) is 11.5 Å². The number of hydrogen-bond acceptors (Lipinski definition) is 5. The molecule has 1 heterocycles. The summed E-state index contributed by atoms with van der Waals surface area (Å²) in [5.74, 6) is 2.12. The highest BCUT2D eigenvalue weighted by Gasteiger charge is 2.67. The van der Waals surface area contributed by atoms with Crippen molar-refractivity contribution in [2.24, 2.45) is 40.6 Å². The van der Waals surface area contributed by atoms with E-state index in [4.69, 9.17) is 9.47 Å². The molecule has 6 heteroatoms. The average molecular weight is 408 g/mol. The minimum atomic E-state index is -0.235. The number of carbonyl (C=O) groups excluding carboxylic acids is 2. The lowest BCUT2D eigenvalue weighted by molar-refractivity contribution is -0.140. The van der Waals surface area contributed by atoms with E-state index in [2.05, 4.69) is 17.3 Å². The smallest absolute Gasteiger partial charge is 0.254 e. The van der Waals surface area contributed by atoms with Gasteiger partial charge >= 0.3 is 0 Å². The van der Waals surface area contributed by atoms with E-state index in [1.165, 1.54) is 0 Å². The lowest BCUT2D eigenvalue weighted by Crippen LogP contribution is -2.40. The summed E-state index contributed by atoms with van der Waals surface area (Å²) in [6.07, 6.45) is 7.06. The van der Waals surface area contributed by atoms with Gasteiger partial charge in [-0.1, -0.05) is 12.2 Å². The fourth-order valence-electron chi connectivity index (χ4n) is 5.50. The number of carbonyl (C=O) groups is 2. The van der Waals surface area contributed by atoms with Crippen LogP contribution in [0.5, 0.6) is 11.5 Å². The largest absolute Gasteiger partial charge is 0.491 e. The van der Waals surface area contributed by atoms with Crippen LogP contribution in [-0.2, 0) is 9.59 Å². The van der Waals surface area contributed by atoms with Gasteiger partial charge in [-0.25, -0.2) is 0 Å². The third kappa shape index (κ3) is 3.04. The van der Waals surface area contributed by atoms with E-state index in [1.807, 2.05) is 45.9 Å². The molecule has 0 aromatic heterocycles. The Morgan fingerprint density at radius 3 is 2.13 bits per heavy atom. The van der Waals surface area contributed by atoms with Crippen molar-refractivity contribution in [1.82, 2.24) is 5.01 Å². The molecular weight excluding hydrogens is 380 g/mol. The van der Waals surface area contributed by atoms with Crippen LogP contribution in [0.15, 0.2) is 35.5 Å². The number of nitrogens with zero attached hydrogens (tertiary/aromatic N) is 2. The van der Waals surface area contributed by atoms with Gasteiger partial charge in [-0.05, 0) is 69.9 Å². The van der Waals surface area contributed by atoms with Crippen molar-refractivity contribution >= 4 is 18.0 Å². The number of hydrogen-bond donors (Lipinski definition) is 0. The number of ether oxygens (including phenoxy) is 2. The number of hydrazone groups is 1. The van der Waals surface area contributed by atoms with Gasteiger partial charge in [-0.2, -0.15) is 10.1 Å². The molecule has 30 heavy (non-hydrogen) atoms. The molecule has 158 valence electrons. The van der Waals surface area contributed by atoms with Crippen molar-refractivity contribution in [3.8, 4) is 11.5 Å². The van der Waals surface area contributed by atoms with Crippen LogP contribution in [-0.4, -0.2) is 35.2 Å². The van der Waals surface area contributed by atoms with Crippen LogP contribution in [0.2, 0.25) is 0 Å². The molecular formula is C24H28N2O4. The molecule has 3 fully saturated rings. The van der Waals surface area contributed by atoms with Gasteiger partial charge in [0, 0.05) is 11.6 Å². The van der Waals surface area contributed by atoms with E-state index >= 15 is 0 Å². The molecule has 4 aliphatic carbocycles. The van der Waals surface area contributed by atoms with E-state index in [-0.39, 0.29) is 47.7 Å². The normalized spacial score (nSPS) is 33.6. The minimum absolute atomic E-state index is 0.0298.